The Labute approximate surface area is 126 Å². The highest BCUT2D eigenvalue weighted by Crippen LogP contribution is 2.21. The summed E-state index contributed by atoms with van der Waals surface area (Å²) in [4.78, 5) is 24.6. The smallest absolute Gasteiger partial charge is 0.330 e. The molecule has 0 fully saturated rings. The number of fused-ring (bicyclic) bond motifs is 3. The lowest BCUT2D eigenvalue weighted by atomic mass is 10.3. The third kappa shape index (κ3) is 2.01. The number of hydrogen-bond donors (Lipinski definition) is 0. The quantitative estimate of drug-likeness (QED) is 0.688. The first-order valence-electron chi connectivity index (χ1n) is 7.25. The van der Waals surface area contributed by atoms with Gasteiger partial charge >= 0.3 is 5.97 Å². The molecule has 0 saturated carbocycles. The molecule has 0 aliphatic rings. The van der Waals surface area contributed by atoms with Crippen LogP contribution in [0.15, 0.2) is 27.6 Å². The minimum atomic E-state index is -0.774. The zero-order valence-corrected chi connectivity index (χ0v) is 12.7. The second-order valence-electron chi connectivity index (χ2n) is 4.98. The first kappa shape index (κ1) is 14.4. The molecule has 7 nitrogen and oxygen atoms in total. The molecule has 116 valence electrons. The molecule has 0 aliphatic heterocycles. The minimum absolute atomic E-state index is 0.263. The van der Waals surface area contributed by atoms with E-state index in [1.54, 1.807) is 36.6 Å². The number of aryl methyl sites for hydroxylation is 1. The fraction of sp³-hybridized carbons (Fsp3) is 0.400. The number of furan rings is 1. The first-order chi connectivity index (χ1) is 10.6. The van der Waals surface area contributed by atoms with Gasteiger partial charge in [0, 0.05) is 18.6 Å². The summed E-state index contributed by atoms with van der Waals surface area (Å²) >= 11 is 0. The van der Waals surface area contributed by atoms with Crippen molar-refractivity contribution in [2.45, 2.75) is 33.2 Å². The molecule has 1 atom stereocenters. The lowest BCUT2D eigenvalue weighted by molar-refractivity contribution is -0.147. The number of nitrogens with zero attached hydrogens (tertiary/aromatic N) is 3. The van der Waals surface area contributed by atoms with E-state index < -0.39 is 12.0 Å². The van der Waals surface area contributed by atoms with Crippen molar-refractivity contribution in [3.05, 3.63) is 34.6 Å². The van der Waals surface area contributed by atoms with Crippen molar-refractivity contribution in [2.24, 2.45) is 0 Å². The SMILES string of the molecule is CCOC(=O)C(C)n1nc(CC)n2c(cc3occc32)c1=O. The molecule has 7 heteroatoms. The molecule has 3 heterocycles. The largest absolute Gasteiger partial charge is 0.464 e. The van der Waals surface area contributed by atoms with E-state index in [9.17, 15) is 9.59 Å². The van der Waals surface area contributed by atoms with Crippen LogP contribution in [0.4, 0.5) is 0 Å². The fourth-order valence-corrected chi connectivity index (χ4v) is 2.55. The van der Waals surface area contributed by atoms with Crippen molar-refractivity contribution in [1.82, 2.24) is 14.2 Å². The van der Waals surface area contributed by atoms with Gasteiger partial charge in [-0.15, -0.1) is 0 Å². The standard InChI is InChI=1S/C15H17N3O4/c1-4-13-16-18(9(3)15(20)21-5-2)14(19)11-8-12-10(17(11)13)6-7-22-12/h6-9H,4-5H2,1-3H3. The van der Waals surface area contributed by atoms with Crippen LogP contribution in [0.5, 0.6) is 0 Å². The van der Waals surface area contributed by atoms with E-state index in [2.05, 4.69) is 5.10 Å². The van der Waals surface area contributed by atoms with E-state index in [0.29, 0.717) is 23.3 Å². The summed E-state index contributed by atoms with van der Waals surface area (Å²) in [6, 6.07) is 2.69. The Morgan fingerprint density at radius 3 is 2.86 bits per heavy atom. The summed E-state index contributed by atoms with van der Waals surface area (Å²) < 4.78 is 13.3. The van der Waals surface area contributed by atoms with Gasteiger partial charge in [0.1, 0.15) is 11.3 Å². The lowest BCUT2D eigenvalue weighted by Gasteiger charge is -2.14. The molecule has 0 spiro atoms. The highest BCUT2D eigenvalue weighted by Gasteiger charge is 2.22. The molecule has 3 rings (SSSR count). The highest BCUT2D eigenvalue weighted by atomic mass is 16.5. The van der Waals surface area contributed by atoms with Crippen LogP contribution in [0.25, 0.3) is 16.6 Å². The van der Waals surface area contributed by atoms with Crippen molar-refractivity contribution in [2.75, 3.05) is 6.61 Å². The van der Waals surface area contributed by atoms with Gasteiger partial charge in [0.05, 0.1) is 18.4 Å². The summed E-state index contributed by atoms with van der Waals surface area (Å²) in [7, 11) is 0. The van der Waals surface area contributed by atoms with E-state index in [-0.39, 0.29) is 12.2 Å². The van der Waals surface area contributed by atoms with Gasteiger partial charge in [-0.25, -0.2) is 9.48 Å². The van der Waals surface area contributed by atoms with Gasteiger partial charge in [-0.3, -0.25) is 9.20 Å². The summed E-state index contributed by atoms with van der Waals surface area (Å²) in [5, 5.41) is 4.35. The molecule has 0 bridgehead atoms. The summed E-state index contributed by atoms with van der Waals surface area (Å²) in [5.41, 5.74) is 1.52. The monoisotopic (exact) mass is 303 g/mol. The summed E-state index contributed by atoms with van der Waals surface area (Å²) in [5.74, 6) is 0.209. The predicted molar refractivity (Wildman–Crippen MR) is 79.9 cm³/mol. The maximum absolute atomic E-state index is 12.6. The number of hydrogen-bond acceptors (Lipinski definition) is 5. The van der Waals surface area contributed by atoms with Gasteiger partial charge in [0.25, 0.3) is 5.56 Å². The van der Waals surface area contributed by atoms with Crippen LogP contribution >= 0.6 is 0 Å². The number of esters is 1. The topological polar surface area (TPSA) is 78.7 Å². The van der Waals surface area contributed by atoms with E-state index in [1.807, 2.05) is 6.92 Å². The minimum Gasteiger partial charge on any atom is -0.464 e. The molecule has 0 amide bonds. The Hall–Kier alpha value is -2.57. The second-order valence-corrected chi connectivity index (χ2v) is 4.98. The van der Waals surface area contributed by atoms with Crippen LogP contribution in [-0.2, 0) is 16.0 Å². The van der Waals surface area contributed by atoms with E-state index in [0.717, 1.165) is 5.52 Å². The Morgan fingerprint density at radius 2 is 2.18 bits per heavy atom. The number of carbonyl (C=O) groups is 1. The molecule has 0 aromatic carbocycles. The third-order valence-corrected chi connectivity index (χ3v) is 3.64. The van der Waals surface area contributed by atoms with Gasteiger partial charge < -0.3 is 9.15 Å². The number of rotatable bonds is 4. The number of aromatic nitrogens is 3. The average Bonchev–Trinajstić information content (AvgIpc) is 3.09. The van der Waals surface area contributed by atoms with Crippen molar-refractivity contribution in [3.63, 3.8) is 0 Å². The molecule has 0 N–H and O–H groups in total. The zero-order chi connectivity index (χ0) is 15.9. The van der Waals surface area contributed by atoms with Gasteiger partial charge in [-0.05, 0) is 13.8 Å². The van der Waals surface area contributed by atoms with Crippen LogP contribution in [0.3, 0.4) is 0 Å². The maximum atomic E-state index is 12.6. The molecule has 3 aromatic rings. The van der Waals surface area contributed by atoms with Crippen LogP contribution in [0, 0.1) is 0 Å². The highest BCUT2D eigenvalue weighted by molar-refractivity contribution is 5.82. The van der Waals surface area contributed by atoms with Crippen molar-refractivity contribution < 1.29 is 13.9 Å². The van der Waals surface area contributed by atoms with Crippen molar-refractivity contribution >= 4 is 22.6 Å². The van der Waals surface area contributed by atoms with Crippen LogP contribution < -0.4 is 5.56 Å². The number of ether oxygens (including phenoxy) is 1. The molecule has 1 unspecified atom stereocenters. The van der Waals surface area contributed by atoms with Crippen LogP contribution in [0.1, 0.15) is 32.6 Å². The van der Waals surface area contributed by atoms with E-state index in [1.165, 1.54) is 4.68 Å². The molecule has 22 heavy (non-hydrogen) atoms. The summed E-state index contributed by atoms with van der Waals surface area (Å²) in [6.07, 6.45) is 2.19. The van der Waals surface area contributed by atoms with Crippen LogP contribution in [-0.4, -0.2) is 26.8 Å². The molecule has 0 aliphatic carbocycles. The molecule has 3 aromatic heterocycles. The normalized spacial score (nSPS) is 12.9. The Bertz CT molecular complexity index is 903. The Balaban J connectivity index is 2.26. The molecule has 0 saturated heterocycles. The number of carbonyl (C=O) groups excluding carboxylic acids is 1. The van der Waals surface area contributed by atoms with Crippen molar-refractivity contribution in [3.8, 4) is 0 Å². The third-order valence-electron chi connectivity index (χ3n) is 3.64. The summed E-state index contributed by atoms with van der Waals surface area (Å²) in [6.45, 7) is 5.54. The Kier molecular flexibility index (Phi) is 3.48. The second kappa shape index (κ2) is 5.32. The van der Waals surface area contributed by atoms with Gasteiger partial charge in [0.2, 0.25) is 0 Å². The van der Waals surface area contributed by atoms with E-state index in [4.69, 9.17) is 9.15 Å². The Morgan fingerprint density at radius 1 is 1.41 bits per heavy atom. The molecular formula is C15H17N3O4. The lowest BCUT2D eigenvalue weighted by Crippen LogP contribution is -2.33. The van der Waals surface area contributed by atoms with E-state index >= 15 is 0 Å². The van der Waals surface area contributed by atoms with Gasteiger partial charge in [0.15, 0.2) is 11.6 Å². The fourth-order valence-electron chi connectivity index (χ4n) is 2.55. The van der Waals surface area contributed by atoms with Gasteiger partial charge in [-0.1, -0.05) is 6.92 Å². The molecular weight excluding hydrogens is 286 g/mol. The molecule has 0 radical (unpaired) electrons. The first-order valence-corrected chi connectivity index (χ1v) is 7.25. The average molecular weight is 303 g/mol. The van der Waals surface area contributed by atoms with Crippen LogP contribution in [0.2, 0.25) is 0 Å². The van der Waals surface area contributed by atoms with Gasteiger partial charge in [-0.2, -0.15) is 5.10 Å². The zero-order valence-electron chi connectivity index (χ0n) is 12.7. The predicted octanol–water partition coefficient (Wildman–Crippen LogP) is 1.93. The van der Waals surface area contributed by atoms with Crippen molar-refractivity contribution in [1.29, 1.82) is 0 Å². The maximum Gasteiger partial charge on any atom is 0.330 e.